The third-order valence-electron chi connectivity index (χ3n) is 4.36. The molecule has 0 saturated heterocycles. The molecule has 5 heteroatoms. The second-order valence-electron chi connectivity index (χ2n) is 6.68. The number of carbonyl (C=O) groups excluding carboxylic acids is 1. The van der Waals surface area contributed by atoms with Crippen LogP contribution in [0.5, 0.6) is 0 Å². The summed E-state index contributed by atoms with van der Waals surface area (Å²) in [5, 5.41) is 5.88. The monoisotopic (exact) mass is 368 g/mol. The van der Waals surface area contributed by atoms with Crippen molar-refractivity contribution < 1.29 is 9.21 Å². The van der Waals surface area contributed by atoms with E-state index in [0.29, 0.717) is 5.92 Å². The van der Waals surface area contributed by atoms with Crippen LogP contribution in [0.3, 0.4) is 0 Å². The Bertz CT molecular complexity index is 835. The lowest BCUT2D eigenvalue weighted by Gasteiger charge is -2.23. The molecule has 0 radical (unpaired) electrons. The first-order chi connectivity index (χ1) is 12.6. The number of thiazole rings is 1. The molecule has 2 heterocycles. The Morgan fingerprint density at radius 1 is 1.23 bits per heavy atom. The Balaban J connectivity index is 1.66. The van der Waals surface area contributed by atoms with Crippen molar-refractivity contribution in [1.82, 2.24) is 10.3 Å². The first-order valence-corrected chi connectivity index (χ1v) is 9.81. The molecule has 1 N–H and O–H groups in total. The summed E-state index contributed by atoms with van der Waals surface area (Å²) in [5.41, 5.74) is 3.21. The van der Waals surface area contributed by atoms with Gasteiger partial charge in [-0.1, -0.05) is 45.0 Å². The summed E-state index contributed by atoms with van der Waals surface area (Å²) in [6.45, 7) is 6.38. The summed E-state index contributed by atoms with van der Waals surface area (Å²) in [5.74, 6) is 1.03. The number of rotatable bonds is 7. The number of aromatic nitrogens is 1. The molecular formula is C21H24N2O2S. The van der Waals surface area contributed by atoms with Crippen molar-refractivity contribution >= 4 is 17.2 Å². The Labute approximate surface area is 158 Å². The molecule has 1 unspecified atom stereocenters. The first kappa shape index (κ1) is 18.4. The fourth-order valence-corrected chi connectivity index (χ4v) is 3.67. The number of amides is 1. The Morgan fingerprint density at radius 2 is 2.00 bits per heavy atom. The maximum absolute atomic E-state index is 12.5. The Hall–Kier alpha value is -2.40. The fraction of sp³-hybridized carbons (Fsp3) is 0.333. The van der Waals surface area contributed by atoms with E-state index in [2.05, 4.69) is 55.3 Å². The number of carbonyl (C=O) groups is 1. The van der Waals surface area contributed by atoms with Crippen LogP contribution >= 0.6 is 11.3 Å². The van der Waals surface area contributed by atoms with Gasteiger partial charge in [-0.05, 0) is 35.6 Å². The van der Waals surface area contributed by atoms with Crippen LogP contribution in [0.4, 0.5) is 0 Å². The van der Waals surface area contributed by atoms with E-state index >= 15 is 0 Å². The second kappa shape index (κ2) is 8.32. The van der Waals surface area contributed by atoms with Gasteiger partial charge in [-0.15, -0.1) is 11.3 Å². The van der Waals surface area contributed by atoms with Gasteiger partial charge in [-0.25, -0.2) is 4.98 Å². The number of benzene rings is 1. The minimum absolute atomic E-state index is 0.00316. The summed E-state index contributed by atoms with van der Waals surface area (Å²) >= 11 is 1.49. The van der Waals surface area contributed by atoms with Gasteiger partial charge in [0.05, 0.1) is 24.4 Å². The van der Waals surface area contributed by atoms with Gasteiger partial charge >= 0.3 is 0 Å². The molecule has 0 bridgehead atoms. The standard InChI is InChI=1S/C21H24N2O2S/c1-4-15-7-9-16(10-8-15)20(14(2)3)23-19(24)12-17-13-26-21(22-17)18-6-5-11-25-18/h5-11,13-14,20H,4,12H2,1-3H3,(H,23,24). The zero-order chi connectivity index (χ0) is 18.5. The van der Waals surface area contributed by atoms with E-state index in [4.69, 9.17) is 4.42 Å². The lowest BCUT2D eigenvalue weighted by atomic mass is 9.94. The van der Waals surface area contributed by atoms with Gasteiger partial charge in [0.15, 0.2) is 10.8 Å². The molecule has 0 fully saturated rings. The number of nitrogens with zero attached hydrogens (tertiary/aromatic N) is 1. The number of furan rings is 1. The van der Waals surface area contributed by atoms with Crippen molar-refractivity contribution in [3.05, 3.63) is 64.9 Å². The molecule has 26 heavy (non-hydrogen) atoms. The molecule has 3 aromatic rings. The van der Waals surface area contributed by atoms with E-state index in [1.165, 1.54) is 16.9 Å². The number of hydrogen-bond acceptors (Lipinski definition) is 4. The quantitative estimate of drug-likeness (QED) is 0.637. The van der Waals surface area contributed by atoms with Crippen molar-refractivity contribution in [3.63, 3.8) is 0 Å². The van der Waals surface area contributed by atoms with Crippen LogP contribution in [0.15, 0.2) is 52.5 Å². The summed E-state index contributed by atoms with van der Waals surface area (Å²) in [6.07, 6.45) is 2.91. The largest absolute Gasteiger partial charge is 0.462 e. The molecule has 1 aromatic carbocycles. The molecule has 0 spiro atoms. The minimum Gasteiger partial charge on any atom is -0.462 e. The van der Waals surface area contributed by atoms with Crippen LogP contribution in [-0.4, -0.2) is 10.9 Å². The third-order valence-corrected chi connectivity index (χ3v) is 5.26. The van der Waals surface area contributed by atoms with Gasteiger partial charge in [0.25, 0.3) is 0 Å². The lowest BCUT2D eigenvalue weighted by molar-refractivity contribution is -0.121. The van der Waals surface area contributed by atoms with Crippen molar-refractivity contribution in [3.8, 4) is 10.8 Å². The van der Waals surface area contributed by atoms with Gasteiger partial charge in [-0.3, -0.25) is 4.79 Å². The van der Waals surface area contributed by atoms with Crippen LogP contribution in [-0.2, 0) is 17.6 Å². The van der Waals surface area contributed by atoms with E-state index in [0.717, 1.165) is 28.4 Å². The molecule has 1 amide bonds. The van der Waals surface area contributed by atoms with Crippen molar-refractivity contribution in [2.24, 2.45) is 5.92 Å². The molecule has 136 valence electrons. The third kappa shape index (κ3) is 4.41. The molecule has 0 aliphatic carbocycles. The first-order valence-electron chi connectivity index (χ1n) is 8.93. The van der Waals surface area contributed by atoms with Crippen LogP contribution in [0.25, 0.3) is 10.8 Å². The van der Waals surface area contributed by atoms with Crippen molar-refractivity contribution in [1.29, 1.82) is 0 Å². The molecule has 2 aromatic heterocycles. The Kier molecular flexibility index (Phi) is 5.89. The second-order valence-corrected chi connectivity index (χ2v) is 7.54. The highest BCUT2D eigenvalue weighted by atomic mass is 32.1. The average Bonchev–Trinajstić information content (AvgIpc) is 3.31. The van der Waals surface area contributed by atoms with Gasteiger partial charge in [0, 0.05) is 5.38 Å². The summed E-state index contributed by atoms with van der Waals surface area (Å²) in [4.78, 5) is 17.1. The van der Waals surface area contributed by atoms with Crippen molar-refractivity contribution in [2.45, 2.75) is 39.7 Å². The zero-order valence-corrected chi connectivity index (χ0v) is 16.2. The van der Waals surface area contributed by atoms with E-state index < -0.39 is 0 Å². The highest BCUT2D eigenvalue weighted by molar-refractivity contribution is 7.13. The zero-order valence-electron chi connectivity index (χ0n) is 15.4. The fourth-order valence-electron chi connectivity index (χ4n) is 2.89. The van der Waals surface area contributed by atoms with Crippen molar-refractivity contribution in [2.75, 3.05) is 0 Å². The molecule has 1 atom stereocenters. The van der Waals surface area contributed by atoms with Crippen LogP contribution in [0.1, 0.15) is 43.6 Å². The minimum atomic E-state index is -0.0143. The molecular weight excluding hydrogens is 344 g/mol. The number of aryl methyl sites for hydroxylation is 1. The maximum atomic E-state index is 12.5. The van der Waals surface area contributed by atoms with Gasteiger partial charge < -0.3 is 9.73 Å². The predicted molar refractivity (Wildman–Crippen MR) is 105 cm³/mol. The van der Waals surface area contributed by atoms with Crippen LogP contribution in [0.2, 0.25) is 0 Å². The predicted octanol–water partition coefficient (Wildman–Crippen LogP) is 5.02. The highest BCUT2D eigenvalue weighted by Gasteiger charge is 2.19. The summed E-state index contributed by atoms with van der Waals surface area (Å²) in [6, 6.07) is 12.2. The Morgan fingerprint density at radius 3 is 2.62 bits per heavy atom. The topological polar surface area (TPSA) is 55.1 Å². The molecule has 0 saturated carbocycles. The SMILES string of the molecule is CCc1ccc(C(NC(=O)Cc2csc(-c3ccco3)n2)C(C)C)cc1. The van der Waals surface area contributed by atoms with Crippen LogP contribution < -0.4 is 5.32 Å². The normalized spacial score (nSPS) is 12.3. The van der Waals surface area contributed by atoms with Gasteiger partial charge in [0.2, 0.25) is 5.91 Å². The summed E-state index contributed by atoms with van der Waals surface area (Å²) in [7, 11) is 0. The number of hydrogen-bond donors (Lipinski definition) is 1. The molecule has 0 aliphatic heterocycles. The summed E-state index contributed by atoms with van der Waals surface area (Å²) < 4.78 is 5.36. The highest BCUT2D eigenvalue weighted by Crippen LogP contribution is 2.25. The number of nitrogens with one attached hydrogen (secondary N) is 1. The molecule has 0 aliphatic rings. The maximum Gasteiger partial charge on any atom is 0.226 e. The smallest absolute Gasteiger partial charge is 0.226 e. The molecule has 3 rings (SSSR count). The van der Waals surface area contributed by atoms with E-state index in [-0.39, 0.29) is 18.4 Å². The van der Waals surface area contributed by atoms with Crippen LogP contribution in [0, 0.1) is 5.92 Å². The molecule has 4 nitrogen and oxygen atoms in total. The van der Waals surface area contributed by atoms with Gasteiger partial charge in [-0.2, -0.15) is 0 Å². The van der Waals surface area contributed by atoms with E-state index in [1.807, 2.05) is 17.5 Å². The van der Waals surface area contributed by atoms with E-state index in [1.54, 1.807) is 6.26 Å². The average molecular weight is 369 g/mol. The van der Waals surface area contributed by atoms with E-state index in [9.17, 15) is 4.79 Å². The van der Waals surface area contributed by atoms with Gasteiger partial charge in [0.1, 0.15) is 0 Å². The lowest BCUT2D eigenvalue weighted by Crippen LogP contribution is -2.32.